The van der Waals surface area contributed by atoms with E-state index in [-0.39, 0.29) is 11.9 Å². The number of rotatable bonds is 4. The Morgan fingerprint density at radius 1 is 1.19 bits per heavy atom. The zero-order valence-electron chi connectivity index (χ0n) is 21.1. The summed E-state index contributed by atoms with van der Waals surface area (Å²) in [6.07, 6.45) is 8.14. The largest absolute Gasteiger partial charge is 0.400 e. The SMILES string of the molecule is CCc1cc(NC2=NC=CN3C2=NCC3c2ccc(C)c(C)c2F)ccc1C1=C(N)C2CCC[C@@H]2N1. The van der Waals surface area contributed by atoms with Crippen LogP contribution in [-0.4, -0.2) is 29.2 Å². The van der Waals surface area contributed by atoms with E-state index in [1.54, 1.807) is 6.20 Å². The first kappa shape index (κ1) is 22.8. The highest BCUT2D eigenvalue weighted by atomic mass is 19.1. The molecule has 3 heterocycles. The highest BCUT2D eigenvalue weighted by molar-refractivity contribution is 6.45. The molecule has 4 aliphatic rings. The monoisotopic (exact) mass is 484 g/mol. The highest BCUT2D eigenvalue weighted by Crippen LogP contribution is 2.40. The Kier molecular flexibility index (Phi) is 5.58. The Labute approximate surface area is 211 Å². The van der Waals surface area contributed by atoms with Crippen LogP contribution in [0.15, 0.2) is 58.4 Å². The number of halogens is 1. The fraction of sp³-hybridized carbons (Fsp3) is 0.379. The molecular weight excluding hydrogens is 451 g/mol. The Morgan fingerprint density at radius 2 is 2.06 bits per heavy atom. The predicted molar refractivity (Wildman–Crippen MR) is 144 cm³/mol. The van der Waals surface area contributed by atoms with Crippen molar-refractivity contribution in [2.24, 2.45) is 21.6 Å². The molecule has 1 fully saturated rings. The number of hydrogen-bond donors (Lipinski definition) is 3. The minimum Gasteiger partial charge on any atom is -0.400 e. The van der Waals surface area contributed by atoms with Crippen LogP contribution in [0.5, 0.6) is 0 Å². The fourth-order valence-electron chi connectivity index (χ4n) is 6.03. The van der Waals surface area contributed by atoms with Gasteiger partial charge in [-0.05, 0) is 61.9 Å². The number of hydrogen-bond acceptors (Lipinski definition) is 6. The third kappa shape index (κ3) is 3.60. The number of nitrogens with one attached hydrogen (secondary N) is 2. The lowest BCUT2D eigenvalue weighted by Crippen LogP contribution is -2.37. The molecule has 1 saturated carbocycles. The molecule has 3 atom stereocenters. The van der Waals surface area contributed by atoms with Gasteiger partial charge in [-0.2, -0.15) is 0 Å². The molecular formula is C29H33FN6. The molecule has 0 amide bonds. The number of aliphatic imine (C=N–C) groups is 2. The van der Waals surface area contributed by atoms with E-state index in [1.165, 1.54) is 30.4 Å². The second-order valence-electron chi connectivity index (χ2n) is 10.2. The molecule has 6 nitrogen and oxygen atoms in total. The Hall–Kier alpha value is -3.61. The van der Waals surface area contributed by atoms with Crippen molar-refractivity contribution >= 4 is 23.1 Å². The molecule has 0 spiro atoms. The third-order valence-corrected chi connectivity index (χ3v) is 8.24. The maximum absolute atomic E-state index is 15.1. The summed E-state index contributed by atoms with van der Waals surface area (Å²) in [6.45, 7) is 6.42. The molecule has 0 saturated heterocycles. The average Bonchev–Trinajstić information content (AvgIpc) is 3.60. The zero-order valence-corrected chi connectivity index (χ0v) is 21.1. The normalized spacial score (nSPS) is 24.4. The molecule has 7 heteroatoms. The lowest BCUT2D eigenvalue weighted by atomic mass is 9.98. The number of benzene rings is 2. The number of nitrogens with zero attached hydrogens (tertiary/aromatic N) is 3. The summed E-state index contributed by atoms with van der Waals surface area (Å²) in [5, 5.41) is 7.17. The van der Waals surface area contributed by atoms with Gasteiger partial charge in [-0.1, -0.05) is 31.5 Å². The maximum atomic E-state index is 15.1. The summed E-state index contributed by atoms with van der Waals surface area (Å²) >= 11 is 0. The molecule has 0 radical (unpaired) electrons. The van der Waals surface area contributed by atoms with Gasteiger partial charge in [-0.25, -0.2) is 9.38 Å². The Balaban J connectivity index is 1.24. The second-order valence-corrected chi connectivity index (χ2v) is 10.2. The van der Waals surface area contributed by atoms with Gasteiger partial charge in [0.25, 0.3) is 0 Å². The Bertz CT molecular complexity index is 1350. The first-order valence-corrected chi connectivity index (χ1v) is 13.0. The van der Waals surface area contributed by atoms with Crippen molar-refractivity contribution in [1.29, 1.82) is 0 Å². The van der Waals surface area contributed by atoms with Crippen LogP contribution in [0.25, 0.3) is 5.70 Å². The van der Waals surface area contributed by atoms with E-state index in [4.69, 9.17) is 10.7 Å². The summed E-state index contributed by atoms with van der Waals surface area (Å²) in [4.78, 5) is 11.3. The van der Waals surface area contributed by atoms with E-state index in [0.29, 0.717) is 35.5 Å². The van der Waals surface area contributed by atoms with Gasteiger partial charge in [-0.15, -0.1) is 0 Å². The molecule has 36 heavy (non-hydrogen) atoms. The summed E-state index contributed by atoms with van der Waals surface area (Å²) in [5.41, 5.74) is 14.4. The average molecular weight is 485 g/mol. The van der Waals surface area contributed by atoms with Gasteiger partial charge in [0.15, 0.2) is 11.7 Å². The number of fused-ring (bicyclic) bond motifs is 2. The van der Waals surface area contributed by atoms with Gasteiger partial charge in [0.1, 0.15) is 5.82 Å². The van der Waals surface area contributed by atoms with Crippen molar-refractivity contribution < 1.29 is 4.39 Å². The van der Waals surface area contributed by atoms with Gasteiger partial charge in [0.05, 0.1) is 18.3 Å². The van der Waals surface area contributed by atoms with Crippen LogP contribution < -0.4 is 16.4 Å². The van der Waals surface area contributed by atoms with Crippen LogP contribution in [0, 0.1) is 25.6 Å². The number of nitrogens with two attached hydrogens (primary N) is 1. The highest BCUT2D eigenvalue weighted by Gasteiger charge is 2.37. The maximum Gasteiger partial charge on any atom is 0.173 e. The summed E-state index contributed by atoms with van der Waals surface area (Å²) in [6, 6.07) is 10.6. The predicted octanol–water partition coefficient (Wildman–Crippen LogP) is 5.15. The van der Waals surface area contributed by atoms with Gasteiger partial charge < -0.3 is 21.3 Å². The molecule has 186 valence electrons. The van der Waals surface area contributed by atoms with Crippen molar-refractivity contribution in [3.05, 3.63) is 82.1 Å². The van der Waals surface area contributed by atoms with Crippen molar-refractivity contribution in [3.63, 3.8) is 0 Å². The van der Waals surface area contributed by atoms with Crippen molar-refractivity contribution in [2.75, 3.05) is 11.9 Å². The molecule has 2 aromatic rings. The van der Waals surface area contributed by atoms with Crippen LogP contribution in [-0.2, 0) is 6.42 Å². The first-order valence-electron chi connectivity index (χ1n) is 13.0. The van der Waals surface area contributed by atoms with Gasteiger partial charge in [0, 0.05) is 46.9 Å². The molecule has 6 rings (SSSR count). The molecule has 3 aliphatic heterocycles. The van der Waals surface area contributed by atoms with Crippen LogP contribution in [0.2, 0.25) is 0 Å². The summed E-state index contributed by atoms with van der Waals surface area (Å²) in [5.74, 6) is 1.72. The smallest absolute Gasteiger partial charge is 0.173 e. The summed E-state index contributed by atoms with van der Waals surface area (Å²) in [7, 11) is 0. The molecule has 2 aromatic carbocycles. The zero-order chi connectivity index (χ0) is 25.0. The minimum atomic E-state index is -0.181. The van der Waals surface area contributed by atoms with E-state index < -0.39 is 0 Å². The number of amidine groups is 2. The minimum absolute atomic E-state index is 0.150. The molecule has 0 aromatic heterocycles. The van der Waals surface area contributed by atoms with E-state index in [2.05, 4.69) is 40.7 Å². The van der Waals surface area contributed by atoms with Crippen LogP contribution in [0.1, 0.15) is 60.0 Å². The number of anilines is 1. The quantitative estimate of drug-likeness (QED) is 0.561. The lowest BCUT2D eigenvalue weighted by Gasteiger charge is -2.28. The first-order chi connectivity index (χ1) is 17.5. The van der Waals surface area contributed by atoms with Crippen LogP contribution >= 0.6 is 0 Å². The van der Waals surface area contributed by atoms with Crippen molar-refractivity contribution in [3.8, 4) is 0 Å². The summed E-state index contributed by atoms with van der Waals surface area (Å²) < 4.78 is 15.1. The van der Waals surface area contributed by atoms with E-state index >= 15 is 4.39 Å². The van der Waals surface area contributed by atoms with Crippen LogP contribution in [0.3, 0.4) is 0 Å². The molecule has 1 aliphatic carbocycles. The molecule has 0 bridgehead atoms. The van der Waals surface area contributed by atoms with E-state index in [9.17, 15) is 0 Å². The Morgan fingerprint density at radius 3 is 2.86 bits per heavy atom. The van der Waals surface area contributed by atoms with Gasteiger partial charge >= 0.3 is 0 Å². The van der Waals surface area contributed by atoms with Crippen LogP contribution in [0.4, 0.5) is 10.1 Å². The van der Waals surface area contributed by atoms with Crippen molar-refractivity contribution in [1.82, 2.24) is 10.2 Å². The van der Waals surface area contributed by atoms with Crippen molar-refractivity contribution in [2.45, 2.75) is 58.5 Å². The van der Waals surface area contributed by atoms with E-state index in [1.807, 2.05) is 37.1 Å². The lowest BCUT2D eigenvalue weighted by molar-refractivity contribution is 0.436. The topological polar surface area (TPSA) is 78.0 Å². The number of aryl methyl sites for hydroxylation is 2. The van der Waals surface area contributed by atoms with Gasteiger partial charge in [0.2, 0.25) is 0 Å². The third-order valence-electron chi connectivity index (χ3n) is 8.24. The van der Waals surface area contributed by atoms with E-state index in [0.717, 1.165) is 34.9 Å². The second kappa shape index (κ2) is 8.80. The van der Waals surface area contributed by atoms with Gasteiger partial charge in [-0.3, -0.25) is 4.99 Å². The molecule has 4 N–H and O–H groups in total. The standard InChI is InChI=1S/C29H33FN6/c1-4-18-14-19(9-11-20(18)27-26(31)21-6-5-7-23(21)35-27)34-28-29-33-15-24(36(29)13-12-32-28)22-10-8-16(2)17(3)25(22)30/h8-14,21,23-24,35H,4-7,15,31H2,1-3H3,(H,32,34)/t21?,23-,24?/m0/s1. The molecule has 2 unspecified atom stereocenters. The fourth-order valence-corrected chi connectivity index (χ4v) is 6.03.